The van der Waals surface area contributed by atoms with Crippen LogP contribution in [0.15, 0.2) is 72.8 Å². The summed E-state index contributed by atoms with van der Waals surface area (Å²) in [4.78, 5) is 12.5. The summed E-state index contributed by atoms with van der Waals surface area (Å²) in [7, 11) is 1.40. The predicted octanol–water partition coefficient (Wildman–Crippen LogP) is 4.60. The zero-order valence-electron chi connectivity index (χ0n) is 22.3. The van der Waals surface area contributed by atoms with Crippen molar-refractivity contribution in [1.82, 2.24) is 5.32 Å². The number of hydrogen-bond acceptors (Lipinski definition) is 6. The van der Waals surface area contributed by atoms with Crippen molar-refractivity contribution >= 4 is 5.91 Å². The van der Waals surface area contributed by atoms with Gasteiger partial charge in [-0.1, -0.05) is 36.4 Å². The van der Waals surface area contributed by atoms with Crippen molar-refractivity contribution in [1.29, 1.82) is 0 Å². The first-order valence-electron chi connectivity index (χ1n) is 12.8. The molecule has 4 rings (SSSR count). The molecule has 0 spiro atoms. The second-order valence-corrected chi connectivity index (χ2v) is 10.1. The van der Waals surface area contributed by atoms with E-state index in [1.165, 1.54) is 13.2 Å². The lowest BCUT2D eigenvalue weighted by atomic mass is 9.89. The summed E-state index contributed by atoms with van der Waals surface area (Å²) in [5.41, 5.74) is 0.119. The normalized spacial score (nSPS) is 22.5. The largest absolute Gasteiger partial charge is 0.462 e. The molecule has 1 heterocycles. The Hall–Kier alpha value is -3.44. The molecule has 214 valence electrons. The van der Waals surface area contributed by atoms with Crippen LogP contribution in [-0.4, -0.2) is 60.0 Å². The zero-order chi connectivity index (χ0) is 29.1. The van der Waals surface area contributed by atoms with Gasteiger partial charge in [0.1, 0.15) is 24.1 Å². The number of hydrogen-bond donors (Lipinski definition) is 3. The molecule has 0 aromatic heterocycles. The third-order valence-corrected chi connectivity index (χ3v) is 6.85. The molecule has 1 amide bonds. The van der Waals surface area contributed by atoms with E-state index >= 15 is 0 Å². The van der Waals surface area contributed by atoms with Crippen LogP contribution in [-0.2, 0) is 22.1 Å². The van der Waals surface area contributed by atoms with Gasteiger partial charge in [0, 0.05) is 19.2 Å². The highest BCUT2D eigenvalue weighted by Gasteiger charge is 2.50. The van der Waals surface area contributed by atoms with E-state index in [0.717, 1.165) is 12.1 Å². The molecule has 10 heteroatoms. The summed E-state index contributed by atoms with van der Waals surface area (Å²) >= 11 is 0. The maximum absolute atomic E-state index is 13.5. The lowest BCUT2D eigenvalue weighted by Crippen LogP contribution is -2.63. The van der Waals surface area contributed by atoms with Crippen molar-refractivity contribution in [3.05, 3.63) is 89.5 Å². The third-order valence-electron chi connectivity index (χ3n) is 6.85. The maximum atomic E-state index is 13.5. The van der Waals surface area contributed by atoms with E-state index in [9.17, 15) is 28.2 Å². The van der Waals surface area contributed by atoms with Crippen LogP contribution in [0.1, 0.15) is 35.3 Å². The Morgan fingerprint density at radius 3 is 2.40 bits per heavy atom. The molecule has 0 unspecified atom stereocenters. The Morgan fingerprint density at radius 1 is 1.00 bits per heavy atom. The first-order valence-corrected chi connectivity index (χ1v) is 12.8. The minimum Gasteiger partial charge on any atom is -0.462 e. The van der Waals surface area contributed by atoms with Crippen LogP contribution in [0.25, 0.3) is 11.1 Å². The number of benzene rings is 3. The molecule has 0 saturated carbocycles. The van der Waals surface area contributed by atoms with Crippen molar-refractivity contribution in [2.24, 2.45) is 0 Å². The Kier molecular flexibility index (Phi) is 8.84. The lowest BCUT2D eigenvalue weighted by Gasteiger charge is -2.46. The second kappa shape index (κ2) is 12.0. The van der Waals surface area contributed by atoms with Gasteiger partial charge in [-0.05, 0) is 73.4 Å². The van der Waals surface area contributed by atoms with Gasteiger partial charge in [-0.25, -0.2) is 0 Å². The number of methoxy groups -OCH3 is 1. The minimum absolute atomic E-state index is 0.215. The lowest BCUT2D eigenvalue weighted by molar-refractivity contribution is -0.305. The summed E-state index contributed by atoms with van der Waals surface area (Å²) in [5.74, 6) is -0.0486. The molecule has 3 aromatic carbocycles. The topological polar surface area (TPSA) is 97.3 Å². The highest BCUT2D eigenvalue weighted by Crippen LogP contribution is 2.36. The van der Waals surface area contributed by atoms with Crippen LogP contribution < -0.4 is 10.1 Å². The van der Waals surface area contributed by atoms with Gasteiger partial charge in [-0.15, -0.1) is 0 Å². The number of carbonyl (C=O) groups excluding carboxylic acids is 1. The molecule has 1 aliphatic heterocycles. The van der Waals surface area contributed by atoms with Gasteiger partial charge in [0.25, 0.3) is 5.91 Å². The van der Waals surface area contributed by atoms with E-state index < -0.39 is 41.9 Å². The second-order valence-electron chi connectivity index (χ2n) is 10.1. The summed E-state index contributed by atoms with van der Waals surface area (Å²) in [5, 5.41) is 24.0. The highest BCUT2D eigenvalue weighted by atomic mass is 19.4. The standard InChI is InChI=1S/C30H32F3NO6/c1-29(2)26(38-3)24(35)25(36)28(40-29)39-22-13-12-18(14-15-34-27(37)19-8-5-4-6-9-19)23(17-22)20-10-7-11-21(16-20)30(31,32)33/h4-13,16-17,24-26,28,35-36H,14-15H2,1-3H3,(H,34,37)/t24-,25+,26+,28+/m0/s1. The van der Waals surface area contributed by atoms with Gasteiger partial charge < -0.3 is 29.7 Å². The molecule has 0 radical (unpaired) electrons. The minimum atomic E-state index is -4.53. The molecule has 1 aliphatic rings. The van der Waals surface area contributed by atoms with Gasteiger partial charge in [-0.2, -0.15) is 13.2 Å². The molecular weight excluding hydrogens is 527 g/mol. The van der Waals surface area contributed by atoms with Gasteiger partial charge in [-0.3, -0.25) is 4.79 Å². The molecule has 3 N–H and O–H groups in total. The first-order chi connectivity index (χ1) is 18.9. The zero-order valence-corrected chi connectivity index (χ0v) is 22.3. The molecule has 0 bridgehead atoms. The summed E-state index contributed by atoms with van der Waals surface area (Å²) in [6.07, 6.45) is -9.02. The van der Waals surface area contributed by atoms with Gasteiger partial charge in [0.05, 0.1) is 11.2 Å². The molecule has 0 aliphatic carbocycles. The Balaban J connectivity index is 1.61. The quantitative estimate of drug-likeness (QED) is 0.374. The third kappa shape index (κ3) is 6.64. The summed E-state index contributed by atoms with van der Waals surface area (Å²) < 4.78 is 57.5. The number of rotatable bonds is 8. The molecular formula is C30H32F3NO6. The van der Waals surface area contributed by atoms with E-state index in [-0.39, 0.29) is 18.2 Å². The molecule has 3 aromatic rings. The Bertz CT molecular complexity index is 1310. The van der Waals surface area contributed by atoms with Gasteiger partial charge in [0.2, 0.25) is 6.29 Å². The number of carbonyl (C=O) groups is 1. The van der Waals surface area contributed by atoms with Crippen molar-refractivity contribution in [3.8, 4) is 16.9 Å². The number of aliphatic hydroxyl groups is 2. The monoisotopic (exact) mass is 559 g/mol. The first kappa shape index (κ1) is 29.5. The maximum Gasteiger partial charge on any atom is 0.416 e. The van der Waals surface area contributed by atoms with E-state index in [4.69, 9.17) is 14.2 Å². The molecule has 1 fully saturated rings. The van der Waals surface area contributed by atoms with E-state index in [1.807, 2.05) is 0 Å². The fraction of sp³-hybridized carbons (Fsp3) is 0.367. The molecule has 40 heavy (non-hydrogen) atoms. The van der Waals surface area contributed by atoms with Crippen molar-refractivity contribution in [3.63, 3.8) is 0 Å². The summed E-state index contributed by atoms with van der Waals surface area (Å²) in [6.45, 7) is 3.62. The summed E-state index contributed by atoms with van der Waals surface area (Å²) in [6, 6.07) is 18.4. The van der Waals surface area contributed by atoms with Crippen molar-refractivity contribution in [2.45, 2.75) is 56.6 Å². The smallest absolute Gasteiger partial charge is 0.416 e. The number of alkyl halides is 3. The number of amides is 1. The van der Waals surface area contributed by atoms with Crippen LogP contribution >= 0.6 is 0 Å². The fourth-order valence-electron chi connectivity index (χ4n) is 4.82. The van der Waals surface area contributed by atoms with Crippen LogP contribution in [0.2, 0.25) is 0 Å². The average molecular weight is 560 g/mol. The number of nitrogens with one attached hydrogen (secondary N) is 1. The van der Waals surface area contributed by atoms with E-state index in [1.54, 1.807) is 68.4 Å². The van der Waals surface area contributed by atoms with Crippen LogP contribution in [0.4, 0.5) is 13.2 Å². The SMILES string of the molecule is CO[C@@H]1[C@@H](O)[C@@H](O)[C@H](Oc2ccc(CCNC(=O)c3ccccc3)c(-c3cccc(C(F)(F)F)c3)c2)OC1(C)C. The van der Waals surface area contributed by atoms with E-state index in [2.05, 4.69) is 5.32 Å². The van der Waals surface area contributed by atoms with Crippen LogP contribution in [0.5, 0.6) is 5.75 Å². The molecule has 4 atom stereocenters. The molecule has 1 saturated heterocycles. The molecule has 7 nitrogen and oxygen atoms in total. The van der Waals surface area contributed by atoms with Gasteiger partial charge in [0.15, 0.2) is 0 Å². The predicted molar refractivity (Wildman–Crippen MR) is 142 cm³/mol. The van der Waals surface area contributed by atoms with Crippen molar-refractivity contribution in [2.75, 3.05) is 13.7 Å². The van der Waals surface area contributed by atoms with Crippen molar-refractivity contribution < 1.29 is 42.4 Å². The Labute approximate surface area is 230 Å². The fourth-order valence-corrected chi connectivity index (χ4v) is 4.82. The van der Waals surface area contributed by atoms with Crippen LogP contribution in [0.3, 0.4) is 0 Å². The van der Waals surface area contributed by atoms with E-state index in [0.29, 0.717) is 28.7 Å². The highest BCUT2D eigenvalue weighted by molar-refractivity contribution is 5.94. The van der Waals surface area contributed by atoms with Crippen LogP contribution in [0, 0.1) is 0 Å². The average Bonchev–Trinajstić information content (AvgIpc) is 2.92. The number of aliphatic hydroxyl groups excluding tert-OH is 2. The van der Waals surface area contributed by atoms with Gasteiger partial charge >= 0.3 is 6.18 Å². The number of ether oxygens (including phenoxy) is 3. The number of halogens is 3. The Morgan fingerprint density at radius 2 is 1.73 bits per heavy atom.